The van der Waals surface area contributed by atoms with Gasteiger partial charge in [-0.1, -0.05) is 0 Å². The van der Waals surface area contributed by atoms with Gasteiger partial charge in [-0.2, -0.15) is 4.39 Å². The summed E-state index contributed by atoms with van der Waals surface area (Å²) in [5.41, 5.74) is 4.62. The molecule has 2 aromatic heterocycles. The number of halogens is 5. The first kappa shape index (κ1) is 23.6. The zero-order valence-corrected chi connectivity index (χ0v) is 17.9. The number of nitrogens with zero attached hydrogens (tertiary/aromatic N) is 3. The van der Waals surface area contributed by atoms with Crippen molar-refractivity contribution in [2.75, 3.05) is 16.2 Å². The lowest BCUT2D eigenvalue weighted by Crippen LogP contribution is -2.44. The molecule has 1 fully saturated rings. The van der Waals surface area contributed by atoms with Crippen LogP contribution in [0.25, 0.3) is 11.3 Å². The molecule has 1 aromatic carbocycles. The molecule has 1 aliphatic carbocycles. The lowest BCUT2D eigenvalue weighted by Gasteiger charge is -2.35. The van der Waals surface area contributed by atoms with Gasteiger partial charge >= 0.3 is 0 Å². The summed E-state index contributed by atoms with van der Waals surface area (Å²) in [5.74, 6) is -12.2. The predicted octanol–water partition coefficient (Wildman–Crippen LogP) is 4.12. The number of nitrogen functional groups attached to an aromatic ring is 1. The lowest BCUT2D eigenvalue weighted by molar-refractivity contribution is -0.122. The van der Waals surface area contributed by atoms with Crippen LogP contribution in [-0.2, 0) is 10.0 Å². The summed E-state index contributed by atoms with van der Waals surface area (Å²) >= 11 is 0. The summed E-state index contributed by atoms with van der Waals surface area (Å²) < 4.78 is 102. The van der Waals surface area contributed by atoms with Crippen molar-refractivity contribution in [3.63, 3.8) is 0 Å². The maximum Gasteiger partial charge on any atom is 0.252 e. The van der Waals surface area contributed by atoms with Crippen molar-refractivity contribution < 1.29 is 35.1 Å². The van der Waals surface area contributed by atoms with E-state index in [4.69, 9.17) is 10.5 Å². The molecule has 0 aliphatic heterocycles. The fourth-order valence-electron chi connectivity index (χ4n) is 3.27. The number of hydrogen-bond acceptors (Lipinski definition) is 7. The molecule has 1 atom stereocenters. The van der Waals surface area contributed by atoms with Crippen molar-refractivity contribution in [2.24, 2.45) is 5.92 Å². The first-order valence-corrected chi connectivity index (χ1v) is 11.4. The highest BCUT2D eigenvalue weighted by atomic mass is 32.2. The summed E-state index contributed by atoms with van der Waals surface area (Å²) in [6, 6.07) is 4.83. The average Bonchev–Trinajstić information content (AvgIpc) is 2.78. The second-order valence-electron chi connectivity index (χ2n) is 7.50. The second kappa shape index (κ2) is 8.66. The Kier molecular flexibility index (Phi) is 6.02. The monoisotopic (exact) mass is 501 g/mol. The van der Waals surface area contributed by atoms with Gasteiger partial charge in [0.1, 0.15) is 5.69 Å². The van der Waals surface area contributed by atoms with Gasteiger partial charge < -0.3 is 10.5 Å². The molecule has 8 nitrogen and oxygen atoms in total. The number of nitrogens with one attached hydrogen (secondary N) is 1. The Morgan fingerprint density at radius 3 is 2.56 bits per heavy atom. The van der Waals surface area contributed by atoms with Gasteiger partial charge in [0.25, 0.3) is 5.92 Å². The molecule has 180 valence electrons. The van der Waals surface area contributed by atoms with E-state index in [1.807, 2.05) is 0 Å². The van der Waals surface area contributed by atoms with Gasteiger partial charge in [0, 0.05) is 30.8 Å². The third-order valence-electron chi connectivity index (χ3n) is 5.15. The van der Waals surface area contributed by atoms with Gasteiger partial charge in [-0.15, -0.1) is 0 Å². The quantitative estimate of drug-likeness (QED) is 0.369. The summed E-state index contributed by atoms with van der Waals surface area (Å²) in [4.78, 5) is 11.6. The molecule has 1 saturated carbocycles. The zero-order chi connectivity index (χ0) is 24.7. The zero-order valence-electron chi connectivity index (χ0n) is 17.1. The maximum atomic E-state index is 14.7. The molecule has 3 aromatic rings. The normalized spacial score (nSPS) is 17.1. The molecule has 1 aliphatic rings. The van der Waals surface area contributed by atoms with E-state index in [1.165, 1.54) is 35.3 Å². The molecule has 3 N–H and O–H groups in total. The smallest absolute Gasteiger partial charge is 0.252 e. The maximum absolute atomic E-state index is 14.7. The number of aromatic nitrogens is 3. The van der Waals surface area contributed by atoms with Crippen LogP contribution in [-0.4, -0.2) is 35.0 Å². The fraction of sp³-hybridized carbons (Fsp3) is 0.250. The highest BCUT2D eigenvalue weighted by Gasteiger charge is 2.50. The Hall–Kier alpha value is -3.55. The summed E-state index contributed by atoms with van der Waals surface area (Å²) in [6.45, 7) is 0. The van der Waals surface area contributed by atoms with Crippen molar-refractivity contribution >= 4 is 21.7 Å². The Balaban J connectivity index is 1.62. The van der Waals surface area contributed by atoms with Crippen molar-refractivity contribution in [3.8, 4) is 22.9 Å². The van der Waals surface area contributed by atoms with Crippen LogP contribution >= 0.6 is 0 Å². The Morgan fingerprint density at radius 1 is 1.15 bits per heavy atom. The number of alkyl halides is 2. The van der Waals surface area contributed by atoms with Crippen molar-refractivity contribution in [2.45, 2.75) is 18.8 Å². The molecule has 0 amide bonds. The standard InChI is InChI=1S/C20H16F5N5O3S/c21-12-8-14(33-18-11(2-1-6-27-18)13-4-7-28-19(26)29-13)15(22)16(23)17(12)30-34(31,32)9-10-3-5-20(10,24)25/h1-2,4,6-8,10,30H,3,5,9H2,(H2,26,28,29). The number of anilines is 2. The first-order valence-electron chi connectivity index (χ1n) is 9.74. The molecular formula is C20H16F5N5O3S. The minimum atomic E-state index is -4.60. The molecule has 4 rings (SSSR count). The highest BCUT2D eigenvalue weighted by Crippen LogP contribution is 2.44. The molecular weight excluding hydrogens is 485 g/mol. The van der Waals surface area contributed by atoms with Gasteiger partial charge in [-0.25, -0.2) is 40.9 Å². The number of ether oxygens (including phenoxy) is 1. The highest BCUT2D eigenvalue weighted by molar-refractivity contribution is 7.92. The average molecular weight is 501 g/mol. The Bertz CT molecular complexity index is 1360. The number of hydrogen-bond donors (Lipinski definition) is 2. The van der Waals surface area contributed by atoms with Crippen molar-refractivity contribution in [3.05, 3.63) is 54.1 Å². The van der Waals surface area contributed by atoms with E-state index < -0.39 is 62.9 Å². The van der Waals surface area contributed by atoms with E-state index in [1.54, 1.807) is 0 Å². The number of rotatable bonds is 7. The van der Waals surface area contributed by atoms with Crippen LogP contribution in [0.15, 0.2) is 36.7 Å². The number of sulfonamides is 1. The van der Waals surface area contributed by atoms with E-state index in [9.17, 15) is 30.4 Å². The molecule has 34 heavy (non-hydrogen) atoms. The molecule has 0 bridgehead atoms. The van der Waals surface area contributed by atoms with Gasteiger partial charge in [0.15, 0.2) is 17.4 Å². The third kappa shape index (κ3) is 4.71. The molecule has 2 heterocycles. The Morgan fingerprint density at radius 2 is 1.91 bits per heavy atom. The minimum absolute atomic E-state index is 0.0651. The molecule has 1 unspecified atom stereocenters. The SMILES string of the molecule is Nc1nccc(-c2cccnc2Oc2cc(F)c(NS(=O)(=O)CC3CCC3(F)F)c(F)c2F)n1. The summed E-state index contributed by atoms with van der Waals surface area (Å²) in [7, 11) is -4.60. The number of benzene rings is 1. The first-order chi connectivity index (χ1) is 16.0. The lowest BCUT2D eigenvalue weighted by atomic mass is 9.82. The van der Waals surface area contributed by atoms with E-state index in [0.29, 0.717) is 6.07 Å². The minimum Gasteiger partial charge on any atom is -0.435 e. The third-order valence-corrected chi connectivity index (χ3v) is 6.51. The van der Waals surface area contributed by atoms with Crippen molar-refractivity contribution in [1.82, 2.24) is 15.0 Å². The van der Waals surface area contributed by atoms with Gasteiger partial charge in [0.2, 0.25) is 27.7 Å². The molecule has 14 heteroatoms. The largest absolute Gasteiger partial charge is 0.435 e. The van der Waals surface area contributed by atoms with Gasteiger partial charge in [-0.05, 0) is 24.6 Å². The van der Waals surface area contributed by atoms with Crippen LogP contribution in [0.5, 0.6) is 11.6 Å². The summed E-state index contributed by atoms with van der Waals surface area (Å²) in [5, 5.41) is 0. The summed E-state index contributed by atoms with van der Waals surface area (Å²) in [6.07, 6.45) is 2.07. The van der Waals surface area contributed by atoms with Crippen LogP contribution in [0.3, 0.4) is 0 Å². The fourth-order valence-corrected chi connectivity index (χ4v) is 4.79. The van der Waals surface area contributed by atoms with Crippen LogP contribution in [0.2, 0.25) is 0 Å². The topological polar surface area (TPSA) is 120 Å². The second-order valence-corrected chi connectivity index (χ2v) is 9.26. The molecule has 0 spiro atoms. The van der Waals surface area contributed by atoms with Gasteiger partial charge in [0.05, 0.1) is 17.0 Å². The van der Waals surface area contributed by atoms with Crippen LogP contribution in [0, 0.1) is 23.4 Å². The van der Waals surface area contributed by atoms with E-state index in [2.05, 4.69) is 15.0 Å². The van der Waals surface area contributed by atoms with Crippen LogP contribution in [0.1, 0.15) is 12.8 Å². The molecule has 0 saturated heterocycles. The van der Waals surface area contributed by atoms with E-state index in [0.717, 1.165) is 0 Å². The van der Waals surface area contributed by atoms with E-state index in [-0.39, 0.29) is 29.5 Å². The number of nitrogens with two attached hydrogens (primary N) is 1. The van der Waals surface area contributed by atoms with Crippen LogP contribution < -0.4 is 15.2 Å². The number of pyridine rings is 1. The molecule has 0 radical (unpaired) electrons. The van der Waals surface area contributed by atoms with Crippen LogP contribution in [0.4, 0.5) is 33.6 Å². The van der Waals surface area contributed by atoms with Crippen molar-refractivity contribution in [1.29, 1.82) is 0 Å². The van der Waals surface area contributed by atoms with E-state index >= 15 is 0 Å². The Labute approximate surface area is 190 Å². The van der Waals surface area contributed by atoms with Gasteiger partial charge in [-0.3, -0.25) is 4.72 Å². The predicted molar refractivity (Wildman–Crippen MR) is 111 cm³/mol.